The Kier molecular flexibility index (Phi) is 25.3. The fourth-order valence-electron chi connectivity index (χ4n) is 11.8. The summed E-state index contributed by atoms with van der Waals surface area (Å²) in [5.41, 5.74) is 1.75. The van der Waals surface area contributed by atoms with E-state index in [1.54, 1.807) is 4.90 Å². The Morgan fingerprint density at radius 3 is 1.60 bits per heavy atom. The zero-order valence-electron chi connectivity index (χ0n) is 49.4. The van der Waals surface area contributed by atoms with Crippen LogP contribution in [0.15, 0.2) is 24.5 Å². The van der Waals surface area contributed by atoms with Crippen LogP contribution in [0, 0.1) is 0 Å². The molecule has 8 heterocycles. The van der Waals surface area contributed by atoms with Gasteiger partial charge in [-0.1, -0.05) is 49.0 Å². The summed E-state index contributed by atoms with van der Waals surface area (Å²) in [5, 5.41) is 49.1. The SMILES string of the molecule is CCOC(=O)N1CCN(c2cc(N3CCNCC3)nc(NCc3cn(CCCNCCNC4CCCCC4)nn3)n2)CC1.c1c(NC2CCNCC2)nc(NCc2cn(CCCNCCNC3CCCCC3)nn2)nc1N1CCCCC1. The molecule has 1 amide bonds. The van der Waals surface area contributed by atoms with Gasteiger partial charge in [-0.25, -0.2) is 4.79 Å². The third kappa shape index (κ3) is 20.6. The lowest BCUT2D eigenvalue weighted by molar-refractivity contribution is 0.105. The first-order valence-electron chi connectivity index (χ1n) is 31.8. The van der Waals surface area contributed by atoms with E-state index < -0.39 is 0 Å². The highest BCUT2D eigenvalue weighted by atomic mass is 16.6. The van der Waals surface area contributed by atoms with Crippen molar-refractivity contribution in [2.24, 2.45) is 0 Å². The lowest BCUT2D eigenvalue weighted by Crippen LogP contribution is -2.49. The first kappa shape index (κ1) is 60.8. The number of nitrogens with zero attached hydrogens (tertiary/aromatic N) is 14. The largest absolute Gasteiger partial charge is 0.450 e. The topological polar surface area (TPSA) is 261 Å². The quantitative estimate of drug-likeness (QED) is 0.0364. The van der Waals surface area contributed by atoms with Crippen molar-refractivity contribution in [1.82, 2.24) is 86.7 Å². The number of piperazine rings is 2. The summed E-state index contributed by atoms with van der Waals surface area (Å²) in [7, 11) is 0. The second kappa shape index (κ2) is 34.1. The fourth-order valence-corrected chi connectivity index (χ4v) is 11.8. The number of aromatic nitrogens is 10. The highest BCUT2D eigenvalue weighted by molar-refractivity contribution is 5.68. The maximum absolute atomic E-state index is 12.2. The summed E-state index contributed by atoms with van der Waals surface area (Å²) in [5.74, 6) is 4.90. The Hall–Kier alpha value is -5.73. The van der Waals surface area contributed by atoms with Crippen molar-refractivity contribution in [3.05, 3.63) is 35.9 Å². The van der Waals surface area contributed by atoms with Crippen LogP contribution in [0.3, 0.4) is 0 Å². The van der Waals surface area contributed by atoms with E-state index >= 15 is 0 Å². The van der Waals surface area contributed by atoms with Gasteiger partial charge < -0.3 is 72.2 Å². The molecule has 2 saturated carbocycles. The lowest BCUT2D eigenvalue weighted by Gasteiger charge is -2.35. The van der Waals surface area contributed by atoms with Crippen molar-refractivity contribution in [3.63, 3.8) is 0 Å². The molecule has 4 aromatic rings. The second-order valence-corrected chi connectivity index (χ2v) is 22.9. The Morgan fingerprint density at radius 2 is 1.04 bits per heavy atom. The number of carbonyl (C=O) groups excluding carboxylic acids is 1. The highest BCUT2D eigenvalue weighted by Gasteiger charge is 2.25. The number of piperidine rings is 2. The summed E-state index contributed by atoms with van der Waals surface area (Å²) < 4.78 is 9.02. The number of hydrogen-bond acceptors (Lipinski definition) is 22. The Labute approximate surface area is 487 Å². The van der Waals surface area contributed by atoms with Crippen LogP contribution in [0.5, 0.6) is 0 Å². The minimum absolute atomic E-state index is 0.250. The number of ether oxygens (including phenoxy) is 1. The monoisotopic (exact) mass is 1140 g/mol. The first-order valence-corrected chi connectivity index (χ1v) is 31.8. The van der Waals surface area contributed by atoms with Crippen molar-refractivity contribution in [1.29, 1.82) is 0 Å². The number of nitrogens with one attached hydrogen (secondary N) is 9. The van der Waals surface area contributed by atoms with E-state index in [1.165, 1.54) is 83.5 Å². The van der Waals surface area contributed by atoms with E-state index in [0.717, 1.165) is 171 Å². The summed E-state index contributed by atoms with van der Waals surface area (Å²) in [6.45, 7) is 21.5. The molecule has 6 fully saturated rings. The van der Waals surface area contributed by atoms with Crippen LogP contribution in [0.4, 0.5) is 40.0 Å². The summed E-state index contributed by atoms with van der Waals surface area (Å²) in [6.07, 6.45) is 25.4. The van der Waals surface area contributed by atoms with Crippen molar-refractivity contribution < 1.29 is 9.53 Å². The predicted molar refractivity (Wildman–Crippen MR) is 325 cm³/mol. The molecule has 4 saturated heterocycles. The molecule has 4 aliphatic heterocycles. The molecule has 25 nitrogen and oxygen atoms in total. The van der Waals surface area contributed by atoms with E-state index in [9.17, 15) is 4.79 Å². The van der Waals surface area contributed by atoms with Gasteiger partial charge in [0.2, 0.25) is 11.9 Å². The molecule has 454 valence electrons. The van der Waals surface area contributed by atoms with E-state index in [2.05, 4.69) is 95.3 Å². The Bertz CT molecular complexity index is 2400. The van der Waals surface area contributed by atoms with Crippen molar-refractivity contribution in [3.8, 4) is 0 Å². The van der Waals surface area contributed by atoms with Crippen LogP contribution in [0.2, 0.25) is 0 Å². The molecule has 6 aliphatic rings. The van der Waals surface area contributed by atoms with E-state index in [1.807, 2.05) is 28.7 Å². The van der Waals surface area contributed by atoms with E-state index in [4.69, 9.17) is 24.7 Å². The molecule has 10 rings (SSSR count). The molecule has 0 unspecified atom stereocenters. The average molecular weight is 1140 g/mol. The number of hydrogen-bond donors (Lipinski definition) is 9. The smallest absolute Gasteiger partial charge is 0.409 e. The highest BCUT2D eigenvalue weighted by Crippen LogP contribution is 2.26. The van der Waals surface area contributed by atoms with Crippen LogP contribution in [0.1, 0.15) is 127 Å². The maximum atomic E-state index is 12.2. The summed E-state index contributed by atoms with van der Waals surface area (Å²) >= 11 is 0. The first-order chi connectivity index (χ1) is 40.5. The molecule has 0 bridgehead atoms. The molecule has 82 heavy (non-hydrogen) atoms. The minimum Gasteiger partial charge on any atom is -0.450 e. The summed E-state index contributed by atoms with van der Waals surface area (Å²) in [6, 6.07) is 6.08. The second-order valence-electron chi connectivity index (χ2n) is 22.9. The van der Waals surface area contributed by atoms with Gasteiger partial charge in [0, 0.05) is 135 Å². The third-order valence-electron chi connectivity index (χ3n) is 16.5. The van der Waals surface area contributed by atoms with Crippen LogP contribution in [0.25, 0.3) is 0 Å². The number of rotatable bonds is 28. The van der Waals surface area contributed by atoms with Gasteiger partial charge in [-0.15, -0.1) is 10.2 Å². The lowest BCUT2D eigenvalue weighted by atomic mass is 9.95. The molecular formula is C57H99N23O2. The minimum atomic E-state index is -0.250. The van der Waals surface area contributed by atoms with Crippen LogP contribution in [-0.4, -0.2) is 203 Å². The van der Waals surface area contributed by atoms with Gasteiger partial charge in [0.25, 0.3) is 0 Å². The van der Waals surface area contributed by atoms with E-state index in [0.29, 0.717) is 69.9 Å². The average Bonchev–Trinajstić information content (AvgIpc) is 4.32. The molecule has 0 atom stereocenters. The zero-order chi connectivity index (χ0) is 56.2. The normalized spacial score (nSPS) is 18.7. The summed E-state index contributed by atoms with van der Waals surface area (Å²) in [4.78, 5) is 40.2. The predicted octanol–water partition coefficient (Wildman–Crippen LogP) is 4.01. The fraction of sp³-hybridized carbons (Fsp3) is 0.772. The maximum Gasteiger partial charge on any atom is 0.409 e. The Morgan fingerprint density at radius 1 is 0.537 bits per heavy atom. The van der Waals surface area contributed by atoms with Gasteiger partial charge in [0.15, 0.2) is 0 Å². The number of anilines is 6. The van der Waals surface area contributed by atoms with Gasteiger partial charge >= 0.3 is 6.09 Å². The zero-order valence-corrected chi connectivity index (χ0v) is 49.4. The molecular weight excluding hydrogens is 1040 g/mol. The standard InChI is InChI=1S/C29H50N12O2.C28H49N11/c1-2-43-29(42)40-19-17-39(18-20-40)27-21-26(38-15-12-31-13-16-38)34-28(35-27)33-22-25-23-41(37-36-25)14-6-9-30-10-11-32-24-7-4-3-5-8-24;1-3-8-23(9-4-1)31-16-15-29-12-7-19-39-22-25(36-37-39)21-32-28-34-26(33-24-10-13-30-14-11-24)20-27(35-28)38-17-5-2-6-18-38/h21,23-24,30-32H,2-20,22H2,1H3,(H,33,34,35);20,22-24,29-31H,1-19,21H2,(H2,32,33,34,35). The number of amides is 1. The van der Waals surface area contributed by atoms with Crippen molar-refractivity contribution in [2.75, 3.05) is 155 Å². The van der Waals surface area contributed by atoms with Crippen molar-refractivity contribution >= 4 is 41.3 Å². The van der Waals surface area contributed by atoms with Gasteiger partial charge in [0.1, 0.15) is 34.7 Å². The molecule has 0 radical (unpaired) electrons. The number of aryl methyl sites for hydroxylation is 2. The third-order valence-corrected chi connectivity index (χ3v) is 16.5. The number of carbonyl (C=O) groups is 1. The molecule has 4 aromatic heterocycles. The van der Waals surface area contributed by atoms with Crippen LogP contribution in [-0.2, 0) is 30.9 Å². The van der Waals surface area contributed by atoms with Crippen LogP contribution >= 0.6 is 0 Å². The molecule has 9 N–H and O–H groups in total. The van der Waals surface area contributed by atoms with Gasteiger partial charge in [-0.3, -0.25) is 9.36 Å². The molecule has 2 aliphatic carbocycles. The van der Waals surface area contributed by atoms with Crippen LogP contribution < -0.4 is 62.6 Å². The molecule has 0 aromatic carbocycles. The van der Waals surface area contributed by atoms with Gasteiger partial charge in [-0.2, -0.15) is 19.9 Å². The molecule has 0 spiro atoms. The van der Waals surface area contributed by atoms with Gasteiger partial charge in [-0.05, 0) is 104 Å². The van der Waals surface area contributed by atoms with Gasteiger partial charge in [0.05, 0.1) is 32.1 Å². The van der Waals surface area contributed by atoms with E-state index in [-0.39, 0.29) is 6.09 Å². The molecule has 25 heteroatoms. The Balaban J connectivity index is 0.000000198. The van der Waals surface area contributed by atoms with Crippen molar-refractivity contribution in [2.45, 2.75) is 160 Å².